The first-order chi connectivity index (χ1) is 9.35. The maximum Gasteiger partial charge on any atom is 0.263 e. The summed E-state index contributed by atoms with van der Waals surface area (Å²) < 4.78 is 27.1. The molecule has 0 fully saturated rings. The number of hydrogen-bond donors (Lipinski definition) is 2. The minimum atomic E-state index is -3.77. The fourth-order valence-corrected chi connectivity index (χ4v) is 4.62. The Hall–Kier alpha value is -0.790. The van der Waals surface area contributed by atoms with Crippen molar-refractivity contribution in [3.05, 3.63) is 44.1 Å². The molecule has 108 valence electrons. The van der Waals surface area contributed by atoms with Crippen LogP contribution in [0.5, 0.6) is 0 Å². The summed E-state index contributed by atoms with van der Waals surface area (Å²) in [7, 11) is -3.77. The quantitative estimate of drug-likeness (QED) is 0.883. The molecule has 20 heavy (non-hydrogen) atoms. The van der Waals surface area contributed by atoms with E-state index >= 15 is 0 Å². The van der Waals surface area contributed by atoms with Crippen LogP contribution in [0.25, 0.3) is 0 Å². The molecule has 0 saturated heterocycles. The zero-order chi connectivity index (χ0) is 14.9. The van der Waals surface area contributed by atoms with Crippen LogP contribution in [0.2, 0.25) is 10.0 Å². The van der Waals surface area contributed by atoms with Gasteiger partial charge in [-0.25, -0.2) is 8.42 Å². The second-order valence-corrected chi connectivity index (χ2v) is 7.78. The summed E-state index contributed by atoms with van der Waals surface area (Å²) in [6.45, 7) is 1.48. The van der Waals surface area contributed by atoms with Crippen LogP contribution in [0.1, 0.15) is 9.75 Å². The highest BCUT2D eigenvalue weighted by atomic mass is 35.5. The van der Waals surface area contributed by atoms with Crippen molar-refractivity contribution in [1.29, 1.82) is 0 Å². The molecule has 0 aliphatic heterocycles. The zero-order valence-electron chi connectivity index (χ0n) is 10.4. The predicted octanol–water partition coefficient (Wildman–Crippen LogP) is 3.66. The number of benzene rings is 1. The number of anilines is 1. The molecule has 0 aliphatic carbocycles. The maximum absolute atomic E-state index is 12.3. The lowest BCUT2D eigenvalue weighted by atomic mass is 10.3. The fourth-order valence-electron chi connectivity index (χ4n) is 1.65. The Labute approximate surface area is 131 Å². The highest BCUT2D eigenvalue weighted by Crippen LogP contribution is 2.33. The van der Waals surface area contributed by atoms with E-state index in [1.54, 1.807) is 19.1 Å². The van der Waals surface area contributed by atoms with Gasteiger partial charge in [0.25, 0.3) is 10.0 Å². The van der Waals surface area contributed by atoms with Crippen molar-refractivity contribution in [2.75, 3.05) is 4.72 Å². The number of nitrogens with one attached hydrogen (secondary N) is 1. The summed E-state index contributed by atoms with van der Waals surface area (Å²) in [5.74, 6) is 0. The van der Waals surface area contributed by atoms with Gasteiger partial charge in [0.1, 0.15) is 4.90 Å². The molecule has 0 spiro atoms. The molecule has 1 aromatic heterocycles. The van der Waals surface area contributed by atoms with Gasteiger partial charge in [-0.05, 0) is 25.1 Å². The van der Waals surface area contributed by atoms with Crippen molar-refractivity contribution in [2.45, 2.75) is 18.4 Å². The van der Waals surface area contributed by atoms with E-state index in [9.17, 15) is 8.42 Å². The summed E-state index contributed by atoms with van der Waals surface area (Å²) in [5.41, 5.74) is 0.218. The van der Waals surface area contributed by atoms with Crippen LogP contribution in [0.3, 0.4) is 0 Å². The number of sulfonamides is 1. The van der Waals surface area contributed by atoms with Crippen LogP contribution in [0.15, 0.2) is 29.2 Å². The van der Waals surface area contributed by atoms with E-state index < -0.39 is 10.0 Å². The monoisotopic (exact) mass is 351 g/mol. The average Bonchev–Trinajstić information content (AvgIpc) is 2.77. The Morgan fingerprint density at radius 3 is 2.65 bits per heavy atom. The lowest BCUT2D eigenvalue weighted by Crippen LogP contribution is -2.13. The summed E-state index contributed by atoms with van der Waals surface area (Å²) >= 11 is 13.0. The molecule has 1 aromatic carbocycles. The third kappa shape index (κ3) is 3.10. The van der Waals surface area contributed by atoms with Crippen LogP contribution in [-0.4, -0.2) is 13.5 Å². The topological polar surface area (TPSA) is 66.4 Å². The largest absolute Gasteiger partial charge is 0.391 e. The van der Waals surface area contributed by atoms with Crippen molar-refractivity contribution in [1.82, 2.24) is 0 Å². The first-order valence-corrected chi connectivity index (χ1v) is 8.57. The summed E-state index contributed by atoms with van der Waals surface area (Å²) in [6, 6.07) is 6.15. The lowest BCUT2D eigenvalue weighted by molar-refractivity contribution is 0.285. The molecule has 0 saturated carbocycles. The molecule has 2 N–H and O–H groups in total. The number of halogens is 2. The highest BCUT2D eigenvalue weighted by Gasteiger charge is 2.21. The van der Waals surface area contributed by atoms with Gasteiger partial charge in [0.2, 0.25) is 0 Å². The Balaban J connectivity index is 2.40. The van der Waals surface area contributed by atoms with Crippen LogP contribution in [0.4, 0.5) is 5.69 Å². The number of aliphatic hydroxyl groups is 1. The number of thiophene rings is 1. The third-order valence-electron chi connectivity index (χ3n) is 2.56. The standard InChI is InChI=1S/C12H11Cl2NO3S2/c1-7-11(5-8(6-16)19-7)20(17,18)15-10-4-2-3-9(13)12(10)14/h2-5,15-16H,6H2,1H3. The summed E-state index contributed by atoms with van der Waals surface area (Å²) in [6.07, 6.45) is 0. The van der Waals surface area contributed by atoms with Crippen LogP contribution in [-0.2, 0) is 16.6 Å². The van der Waals surface area contributed by atoms with Crippen LogP contribution < -0.4 is 4.72 Å². The number of hydrogen-bond acceptors (Lipinski definition) is 4. The minimum Gasteiger partial charge on any atom is -0.391 e. The third-order valence-corrected chi connectivity index (χ3v) is 6.04. The van der Waals surface area contributed by atoms with Gasteiger partial charge in [-0.15, -0.1) is 11.3 Å². The summed E-state index contributed by atoms with van der Waals surface area (Å²) in [4.78, 5) is 1.31. The number of rotatable bonds is 4. The van der Waals surface area contributed by atoms with E-state index in [4.69, 9.17) is 28.3 Å². The zero-order valence-corrected chi connectivity index (χ0v) is 13.5. The Bertz CT molecular complexity index is 741. The van der Waals surface area contributed by atoms with Gasteiger partial charge in [-0.2, -0.15) is 0 Å². The Morgan fingerprint density at radius 1 is 1.35 bits per heavy atom. The SMILES string of the molecule is Cc1sc(CO)cc1S(=O)(=O)Nc1cccc(Cl)c1Cl. The molecule has 0 radical (unpaired) electrons. The van der Waals surface area contributed by atoms with Gasteiger partial charge in [0, 0.05) is 9.75 Å². The Morgan fingerprint density at radius 2 is 2.05 bits per heavy atom. The molecule has 0 unspecified atom stereocenters. The second kappa shape index (κ2) is 5.91. The Kier molecular flexibility index (Phi) is 4.61. The van der Waals surface area contributed by atoms with Gasteiger partial charge in [-0.3, -0.25) is 4.72 Å². The van der Waals surface area contributed by atoms with Gasteiger partial charge in [0.05, 0.1) is 22.3 Å². The lowest BCUT2D eigenvalue weighted by Gasteiger charge is -2.09. The van der Waals surface area contributed by atoms with Crippen molar-refractivity contribution in [2.24, 2.45) is 0 Å². The second-order valence-electron chi connectivity index (χ2n) is 4.00. The van der Waals surface area contributed by atoms with E-state index in [1.165, 1.54) is 23.5 Å². The van der Waals surface area contributed by atoms with Gasteiger partial charge >= 0.3 is 0 Å². The van der Waals surface area contributed by atoms with E-state index in [-0.39, 0.29) is 27.2 Å². The summed E-state index contributed by atoms with van der Waals surface area (Å²) in [5, 5.41) is 9.48. The molecular weight excluding hydrogens is 341 g/mol. The molecule has 0 aliphatic rings. The molecule has 0 atom stereocenters. The van der Waals surface area contributed by atoms with E-state index in [1.807, 2.05) is 0 Å². The first-order valence-electron chi connectivity index (χ1n) is 5.52. The molecular formula is C12H11Cl2NO3S2. The first kappa shape index (κ1) is 15.6. The van der Waals surface area contributed by atoms with E-state index in [0.29, 0.717) is 9.75 Å². The van der Waals surface area contributed by atoms with Gasteiger partial charge < -0.3 is 5.11 Å². The molecule has 2 aromatic rings. The molecule has 8 heteroatoms. The minimum absolute atomic E-state index is 0.127. The predicted molar refractivity (Wildman–Crippen MR) is 82.2 cm³/mol. The van der Waals surface area contributed by atoms with E-state index in [2.05, 4.69) is 4.72 Å². The molecule has 4 nitrogen and oxygen atoms in total. The van der Waals surface area contributed by atoms with E-state index in [0.717, 1.165) is 0 Å². The average molecular weight is 352 g/mol. The maximum atomic E-state index is 12.3. The molecule has 0 bridgehead atoms. The van der Waals surface area contributed by atoms with Crippen molar-refractivity contribution < 1.29 is 13.5 Å². The van der Waals surface area contributed by atoms with Crippen molar-refractivity contribution in [3.8, 4) is 0 Å². The van der Waals surface area contributed by atoms with Gasteiger partial charge in [0.15, 0.2) is 0 Å². The molecule has 2 rings (SSSR count). The number of aryl methyl sites for hydroxylation is 1. The molecule has 0 amide bonds. The van der Waals surface area contributed by atoms with Gasteiger partial charge in [-0.1, -0.05) is 29.3 Å². The van der Waals surface area contributed by atoms with Crippen molar-refractivity contribution >= 4 is 50.2 Å². The smallest absolute Gasteiger partial charge is 0.263 e. The fraction of sp³-hybridized carbons (Fsp3) is 0.167. The van der Waals surface area contributed by atoms with Crippen LogP contribution >= 0.6 is 34.5 Å². The van der Waals surface area contributed by atoms with Crippen LogP contribution in [0, 0.1) is 6.92 Å². The number of aliphatic hydroxyl groups excluding tert-OH is 1. The molecule has 1 heterocycles. The highest BCUT2D eigenvalue weighted by molar-refractivity contribution is 7.93. The van der Waals surface area contributed by atoms with Crippen molar-refractivity contribution in [3.63, 3.8) is 0 Å². The normalized spacial score (nSPS) is 11.6.